The normalized spacial score (nSPS) is 17.8. The SMILES string of the molecule is CN1CCN(C(CNS(=O)(=O)c2cccc3ccccc23)c2ccsc2)CC1. The first-order valence-electron chi connectivity index (χ1n) is 9.47. The molecule has 1 aromatic heterocycles. The number of fused-ring (bicyclic) bond motifs is 1. The highest BCUT2D eigenvalue weighted by Crippen LogP contribution is 2.26. The highest BCUT2D eigenvalue weighted by Gasteiger charge is 2.26. The van der Waals surface area contributed by atoms with Crippen molar-refractivity contribution in [1.82, 2.24) is 14.5 Å². The molecule has 0 saturated carbocycles. The Balaban J connectivity index is 1.57. The second-order valence-electron chi connectivity index (χ2n) is 7.24. The van der Waals surface area contributed by atoms with E-state index in [1.165, 1.54) is 5.56 Å². The molecule has 3 aromatic rings. The first-order chi connectivity index (χ1) is 13.5. The molecule has 0 spiro atoms. The number of benzene rings is 2. The van der Waals surface area contributed by atoms with Crippen LogP contribution in [0.4, 0.5) is 0 Å². The molecule has 0 bridgehead atoms. The van der Waals surface area contributed by atoms with E-state index in [0.29, 0.717) is 11.4 Å². The van der Waals surface area contributed by atoms with Gasteiger partial charge in [-0.15, -0.1) is 0 Å². The largest absolute Gasteiger partial charge is 0.304 e. The Morgan fingerprint density at radius 3 is 2.54 bits per heavy atom. The molecule has 28 heavy (non-hydrogen) atoms. The summed E-state index contributed by atoms with van der Waals surface area (Å²) in [5.74, 6) is 0. The van der Waals surface area contributed by atoms with Crippen LogP contribution in [-0.2, 0) is 10.0 Å². The summed E-state index contributed by atoms with van der Waals surface area (Å²) in [5, 5.41) is 5.86. The van der Waals surface area contributed by atoms with Crippen molar-refractivity contribution in [2.75, 3.05) is 39.8 Å². The van der Waals surface area contributed by atoms with Crippen LogP contribution in [0.3, 0.4) is 0 Å². The van der Waals surface area contributed by atoms with E-state index in [2.05, 4.69) is 38.4 Å². The quantitative estimate of drug-likeness (QED) is 0.672. The number of hydrogen-bond donors (Lipinski definition) is 1. The number of piperazine rings is 1. The average Bonchev–Trinajstić information content (AvgIpc) is 3.23. The van der Waals surface area contributed by atoms with Gasteiger partial charge < -0.3 is 4.90 Å². The number of sulfonamides is 1. The number of likely N-dealkylation sites (N-methyl/N-ethyl adjacent to an activating group) is 1. The first-order valence-corrected chi connectivity index (χ1v) is 11.9. The molecule has 1 aliphatic heterocycles. The van der Waals surface area contributed by atoms with Gasteiger partial charge in [0.1, 0.15) is 0 Å². The zero-order valence-corrected chi connectivity index (χ0v) is 17.5. The molecule has 1 N–H and O–H groups in total. The fourth-order valence-corrected chi connectivity index (χ4v) is 5.73. The molecule has 7 heteroatoms. The maximum atomic E-state index is 13.1. The lowest BCUT2D eigenvalue weighted by molar-refractivity contribution is 0.113. The van der Waals surface area contributed by atoms with E-state index >= 15 is 0 Å². The molecule has 2 aromatic carbocycles. The number of rotatable bonds is 6. The highest BCUT2D eigenvalue weighted by atomic mass is 32.2. The topological polar surface area (TPSA) is 52.6 Å². The van der Waals surface area contributed by atoms with Gasteiger partial charge in [-0.05, 0) is 40.9 Å². The van der Waals surface area contributed by atoms with Crippen LogP contribution in [0.2, 0.25) is 0 Å². The Morgan fingerprint density at radius 1 is 1.04 bits per heavy atom. The lowest BCUT2D eigenvalue weighted by Gasteiger charge is -2.38. The molecule has 0 radical (unpaired) electrons. The van der Waals surface area contributed by atoms with Gasteiger partial charge in [0.05, 0.1) is 4.90 Å². The summed E-state index contributed by atoms with van der Waals surface area (Å²) in [4.78, 5) is 5.03. The zero-order chi connectivity index (χ0) is 19.6. The number of nitrogens with one attached hydrogen (secondary N) is 1. The van der Waals surface area contributed by atoms with Crippen LogP contribution in [0, 0.1) is 0 Å². The van der Waals surface area contributed by atoms with Crippen molar-refractivity contribution in [3.63, 3.8) is 0 Å². The van der Waals surface area contributed by atoms with Crippen molar-refractivity contribution in [3.05, 3.63) is 64.9 Å². The summed E-state index contributed by atoms with van der Waals surface area (Å²) < 4.78 is 29.1. The number of hydrogen-bond acceptors (Lipinski definition) is 5. The minimum Gasteiger partial charge on any atom is -0.304 e. The summed E-state index contributed by atoms with van der Waals surface area (Å²) in [6.07, 6.45) is 0. The third kappa shape index (κ3) is 4.14. The fourth-order valence-electron chi connectivity index (χ4n) is 3.75. The minimum atomic E-state index is -3.61. The second-order valence-corrected chi connectivity index (χ2v) is 9.76. The van der Waals surface area contributed by atoms with E-state index in [1.54, 1.807) is 23.5 Å². The van der Waals surface area contributed by atoms with Gasteiger partial charge in [0.25, 0.3) is 0 Å². The zero-order valence-electron chi connectivity index (χ0n) is 15.9. The monoisotopic (exact) mass is 415 g/mol. The van der Waals surface area contributed by atoms with Crippen LogP contribution >= 0.6 is 11.3 Å². The van der Waals surface area contributed by atoms with Crippen molar-refractivity contribution in [3.8, 4) is 0 Å². The van der Waals surface area contributed by atoms with Gasteiger partial charge in [-0.25, -0.2) is 13.1 Å². The highest BCUT2D eigenvalue weighted by molar-refractivity contribution is 7.89. The van der Waals surface area contributed by atoms with Crippen molar-refractivity contribution in [2.24, 2.45) is 0 Å². The molecule has 1 unspecified atom stereocenters. The van der Waals surface area contributed by atoms with Crippen LogP contribution in [0.1, 0.15) is 11.6 Å². The van der Waals surface area contributed by atoms with E-state index in [4.69, 9.17) is 0 Å². The third-order valence-electron chi connectivity index (χ3n) is 5.41. The Morgan fingerprint density at radius 2 is 1.79 bits per heavy atom. The predicted octanol–water partition coefficient (Wildman–Crippen LogP) is 3.17. The Bertz CT molecular complexity index is 1020. The molecular weight excluding hydrogens is 390 g/mol. The van der Waals surface area contributed by atoms with Crippen LogP contribution in [0.5, 0.6) is 0 Å². The van der Waals surface area contributed by atoms with E-state index in [0.717, 1.165) is 37.0 Å². The summed E-state index contributed by atoms with van der Waals surface area (Å²) in [5.41, 5.74) is 1.18. The Labute approximate surface area is 170 Å². The van der Waals surface area contributed by atoms with Crippen molar-refractivity contribution in [1.29, 1.82) is 0 Å². The maximum Gasteiger partial charge on any atom is 0.241 e. The average molecular weight is 416 g/mol. The third-order valence-corrected chi connectivity index (χ3v) is 7.60. The first kappa shape index (κ1) is 19.5. The molecule has 148 valence electrons. The van der Waals surface area contributed by atoms with Gasteiger partial charge in [0.15, 0.2) is 0 Å². The predicted molar refractivity (Wildman–Crippen MR) is 115 cm³/mol. The number of thiophene rings is 1. The Hall–Kier alpha value is -1.77. The van der Waals surface area contributed by atoms with E-state index < -0.39 is 10.0 Å². The van der Waals surface area contributed by atoms with E-state index in [9.17, 15) is 8.42 Å². The van der Waals surface area contributed by atoms with Crippen LogP contribution in [0.25, 0.3) is 10.8 Å². The number of nitrogens with zero attached hydrogens (tertiary/aromatic N) is 2. The van der Waals surface area contributed by atoms with Gasteiger partial charge in [-0.3, -0.25) is 4.90 Å². The lowest BCUT2D eigenvalue weighted by atomic mass is 10.1. The molecular formula is C21H25N3O2S2. The molecule has 1 aliphatic rings. The summed E-state index contributed by atoms with van der Waals surface area (Å²) in [6.45, 7) is 4.24. The van der Waals surface area contributed by atoms with Gasteiger partial charge >= 0.3 is 0 Å². The van der Waals surface area contributed by atoms with Gasteiger partial charge in [-0.2, -0.15) is 11.3 Å². The van der Waals surface area contributed by atoms with Crippen LogP contribution in [-0.4, -0.2) is 58.0 Å². The lowest BCUT2D eigenvalue weighted by Crippen LogP contribution is -2.48. The van der Waals surface area contributed by atoms with Gasteiger partial charge in [0.2, 0.25) is 10.0 Å². The van der Waals surface area contributed by atoms with Crippen molar-refractivity contribution in [2.45, 2.75) is 10.9 Å². The molecule has 0 amide bonds. The van der Waals surface area contributed by atoms with E-state index in [-0.39, 0.29) is 6.04 Å². The van der Waals surface area contributed by atoms with Crippen LogP contribution < -0.4 is 4.72 Å². The van der Waals surface area contributed by atoms with Crippen molar-refractivity contribution >= 4 is 32.1 Å². The molecule has 4 rings (SSSR count). The molecule has 1 saturated heterocycles. The minimum absolute atomic E-state index is 0.0460. The summed E-state index contributed by atoms with van der Waals surface area (Å²) in [7, 11) is -1.48. The van der Waals surface area contributed by atoms with Crippen LogP contribution in [0.15, 0.2) is 64.2 Å². The van der Waals surface area contributed by atoms with Gasteiger partial charge in [-0.1, -0.05) is 36.4 Å². The second kappa shape index (κ2) is 8.31. The van der Waals surface area contributed by atoms with Crippen molar-refractivity contribution < 1.29 is 8.42 Å². The summed E-state index contributed by atoms with van der Waals surface area (Å²) >= 11 is 1.65. The molecule has 5 nitrogen and oxygen atoms in total. The molecule has 2 heterocycles. The Kier molecular flexibility index (Phi) is 5.80. The maximum absolute atomic E-state index is 13.1. The fraction of sp³-hybridized carbons (Fsp3) is 0.333. The van der Waals surface area contributed by atoms with Gasteiger partial charge in [0, 0.05) is 44.2 Å². The standard InChI is InChI=1S/C21H25N3O2S2/c1-23-10-12-24(13-11-23)20(18-9-14-27-16-18)15-22-28(25,26)21-8-4-6-17-5-2-3-7-19(17)21/h2-9,14,16,20,22H,10-13,15H2,1H3. The summed E-state index contributed by atoms with van der Waals surface area (Å²) in [6, 6.07) is 15.2. The smallest absolute Gasteiger partial charge is 0.241 e. The molecule has 1 atom stereocenters. The molecule has 1 fully saturated rings. The van der Waals surface area contributed by atoms with E-state index in [1.807, 2.05) is 30.3 Å². The molecule has 0 aliphatic carbocycles.